The van der Waals surface area contributed by atoms with Crippen LogP contribution in [0.5, 0.6) is 0 Å². The summed E-state index contributed by atoms with van der Waals surface area (Å²) < 4.78 is 0. The Labute approximate surface area is 77.2 Å². The van der Waals surface area contributed by atoms with E-state index in [9.17, 15) is 4.79 Å². The third-order valence-corrected chi connectivity index (χ3v) is 2.37. The lowest BCUT2D eigenvalue weighted by molar-refractivity contribution is -0.111. The fourth-order valence-electron chi connectivity index (χ4n) is 0.875. The molecule has 0 aliphatic rings. The van der Waals surface area contributed by atoms with Crippen LogP contribution >= 0.6 is 11.8 Å². The van der Waals surface area contributed by atoms with Gasteiger partial charge in [0, 0.05) is 11.3 Å². The molecule has 0 saturated carbocycles. The van der Waals surface area contributed by atoms with Gasteiger partial charge in [0.05, 0.1) is 0 Å². The fraction of sp³-hybridized carbons (Fsp3) is 0.300. The Morgan fingerprint density at radius 3 is 2.58 bits per heavy atom. The molecule has 0 radical (unpaired) electrons. The van der Waals surface area contributed by atoms with Crippen LogP contribution in [0.2, 0.25) is 0 Å². The van der Waals surface area contributed by atoms with Crippen molar-refractivity contribution in [2.24, 2.45) is 0 Å². The van der Waals surface area contributed by atoms with Gasteiger partial charge in [-0.05, 0) is 18.6 Å². The van der Waals surface area contributed by atoms with Crippen molar-refractivity contribution < 1.29 is 4.79 Å². The van der Waals surface area contributed by atoms with Crippen molar-refractivity contribution in [3.05, 3.63) is 30.3 Å². The van der Waals surface area contributed by atoms with E-state index >= 15 is 0 Å². The molecule has 0 heterocycles. The van der Waals surface area contributed by atoms with Gasteiger partial charge in [0.2, 0.25) is 0 Å². The van der Waals surface area contributed by atoms with Crippen molar-refractivity contribution in [1.29, 1.82) is 0 Å². The first-order valence-corrected chi connectivity index (χ1v) is 4.90. The molecule has 0 amide bonds. The van der Waals surface area contributed by atoms with Crippen molar-refractivity contribution >= 4 is 16.9 Å². The average molecular weight is 180 g/mol. The van der Waals surface area contributed by atoms with E-state index in [4.69, 9.17) is 0 Å². The highest BCUT2D eigenvalue weighted by Gasteiger charge is 2.01. The van der Waals surface area contributed by atoms with Gasteiger partial charge in [-0.15, -0.1) is 0 Å². The molecule has 1 aromatic carbocycles. The molecule has 0 bridgehead atoms. The van der Waals surface area contributed by atoms with E-state index in [1.807, 2.05) is 37.3 Å². The SMILES string of the molecule is CCCC(=O)Sc1ccccc1. The molecular formula is C10H12OS. The van der Waals surface area contributed by atoms with Gasteiger partial charge in [0.15, 0.2) is 5.12 Å². The van der Waals surface area contributed by atoms with E-state index < -0.39 is 0 Å². The Bertz CT molecular complexity index is 243. The smallest absolute Gasteiger partial charge is 0.193 e. The van der Waals surface area contributed by atoms with Gasteiger partial charge in [-0.2, -0.15) is 0 Å². The van der Waals surface area contributed by atoms with Crippen LogP contribution < -0.4 is 0 Å². The molecule has 0 spiro atoms. The summed E-state index contributed by atoms with van der Waals surface area (Å²) in [6, 6.07) is 9.76. The van der Waals surface area contributed by atoms with Crippen LogP contribution in [0.25, 0.3) is 0 Å². The molecule has 0 atom stereocenters. The van der Waals surface area contributed by atoms with Gasteiger partial charge in [-0.3, -0.25) is 4.79 Å². The Morgan fingerprint density at radius 1 is 1.33 bits per heavy atom. The van der Waals surface area contributed by atoms with E-state index in [1.54, 1.807) is 0 Å². The van der Waals surface area contributed by atoms with Crippen molar-refractivity contribution in [3.8, 4) is 0 Å². The zero-order valence-electron chi connectivity index (χ0n) is 7.12. The number of carbonyl (C=O) groups is 1. The molecule has 2 heteroatoms. The van der Waals surface area contributed by atoms with Crippen molar-refractivity contribution in [2.45, 2.75) is 24.7 Å². The molecule has 0 fully saturated rings. The second kappa shape index (κ2) is 4.99. The highest BCUT2D eigenvalue weighted by Crippen LogP contribution is 2.19. The van der Waals surface area contributed by atoms with Crippen LogP contribution in [0.4, 0.5) is 0 Å². The summed E-state index contributed by atoms with van der Waals surface area (Å²) >= 11 is 1.33. The molecule has 1 rings (SSSR count). The second-order valence-corrected chi connectivity index (χ2v) is 3.67. The Balaban J connectivity index is 2.47. The van der Waals surface area contributed by atoms with Gasteiger partial charge < -0.3 is 0 Å². The van der Waals surface area contributed by atoms with Crippen LogP contribution in [0.15, 0.2) is 35.2 Å². The van der Waals surface area contributed by atoms with Gasteiger partial charge in [0.1, 0.15) is 0 Å². The van der Waals surface area contributed by atoms with Crippen LogP contribution in [0.1, 0.15) is 19.8 Å². The quantitative estimate of drug-likeness (QED) is 0.665. The lowest BCUT2D eigenvalue weighted by Crippen LogP contribution is -1.88. The van der Waals surface area contributed by atoms with Gasteiger partial charge in [-0.1, -0.05) is 36.9 Å². The van der Waals surface area contributed by atoms with Crippen molar-refractivity contribution in [3.63, 3.8) is 0 Å². The lowest BCUT2D eigenvalue weighted by Gasteiger charge is -1.97. The zero-order valence-corrected chi connectivity index (χ0v) is 7.93. The Kier molecular flexibility index (Phi) is 3.88. The van der Waals surface area contributed by atoms with Crippen molar-refractivity contribution in [1.82, 2.24) is 0 Å². The summed E-state index contributed by atoms with van der Waals surface area (Å²) in [6.45, 7) is 2.02. The standard InChI is InChI=1S/C10H12OS/c1-2-6-10(11)12-9-7-4-3-5-8-9/h3-5,7-8H,2,6H2,1H3. The minimum absolute atomic E-state index is 0.253. The number of benzene rings is 1. The molecule has 0 aliphatic heterocycles. The molecule has 0 aliphatic carbocycles. The molecule has 12 heavy (non-hydrogen) atoms. The highest BCUT2D eigenvalue weighted by atomic mass is 32.2. The summed E-state index contributed by atoms with van der Waals surface area (Å²) in [5.74, 6) is 0. The number of thioether (sulfide) groups is 1. The Morgan fingerprint density at radius 2 is 2.00 bits per heavy atom. The molecule has 0 saturated heterocycles. The molecule has 0 N–H and O–H groups in total. The predicted octanol–water partition coefficient (Wildman–Crippen LogP) is 3.11. The van der Waals surface area contributed by atoms with Gasteiger partial charge >= 0.3 is 0 Å². The minimum Gasteiger partial charge on any atom is -0.287 e. The molecule has 1 nitrogen and oxygen atoms in total. The lowest BCUT2D eigenvalue weighted by atomic mass is 10.4. The molecule has 0 aromatic heterocycles. The molecule has 1 aromatic rings. The number of carbonyl (C=O) groups excluding carboxylic acids is 1. The summed E-state index contributed by atoms with van der Waals surface area (Å²) in [5, 5.41) is 0.253. The monoisotopic (exact) mass is 180 g/mol. The summed E-state index contributed by atoms with van der Waals surface area (Å²) in [7, 11) is 0. The average Bonchev–Trinajstić information content (AvgIpc) is 2.06. The van der Waals surface area contributed by atoms with Crippen LogP contribution in [0.3, 0.4) is 0 Å². The maximum atomic E-state index is 11.2. The van der Waals surface area contributed by atoms with Gasteiger partial charge in [-0.25, -0.2) is 0 Å². The highest BCUT2D eigenvalue weighted by molar-refractivity contribution is 8.13. The van der Waals surface area contributed by atoms with Crippen molar-refractivity contribution in [2.75, 3.05) is 0 Å². The second-order valence-electron chi connectivity index (χ2n) is 2.54. The normalized spacial score (nSPS) is 9.75. The number of hydrogen-bond donors (Lipinski definition) is 0. The Hall–Kier alpha value is -0.760. The third-order valence-electron chi connectivity index (χ3n) is 1.43. The van der Waals surface area contributed by atoms with Crippen LogP contribution in [0, 0.1) is 0 Å². The topological polar surface area (TPSA) is 17.1 Å². The van der Waals surface area contributed by atoms with E-state index in [2.05, 4.69) is 0 Å². The zero-order chi connectivity index (χ0) is 8.81. The maximum absolute atomic E-state index is 11.2. The fourth-order valence-corrected chi connectivity index (χ4v) is 1.74. The molecular weight excluding hydrogens is 168 g/mol. The first-order chi connectivity index (χ1) is 5.83. The number of hydrogen-bond acceptors (Lipinski definition) is 2. The first-order valence-electron chi connectivity index (χ1n) is 4.08. The number of rotatable bonds is 3. The third kappa shape index (κ3) is 3.09. The van der Waals surface area contributed by atoms with E-state index in [1.165, 1.54) is 11.8 Å². The first kappa shape index (κ1) is 9.33. The molecule has 0 unspecified atom stereocenters. The van der Waals surface area contributed by atoms with Crippen LogP contribution in [-0.2, 0) is 4.79 Å². The largest absolute Gasteiger partial charge is 0.287 e. The summed E-state index contributed by atoms with van der Waals surface area (Å²) in [5.41, 5.74) is 0. The van der Waals surface area contributed by atoms with E-state index in [0.717, 1.165) is 11.3 Å². The van der Waals surface area contributed by atoms with E-state index in [-0.39, 0.29) is 5.12 Å². The molecule has 64 valence electrons. The predicted molar refractivity (Wildman–Crippen MR) is 52.2 cm³/mol. The minimum atomic E-state index is 0.253. The van der Waals surface area contributed by atoms with Crippen LogP contribution in [-0.4, -0.2) is 5.12 Å². The summed E-state index contributed by atoms with van der Waals surface area (Å²) in [4.78, 5) is 12.2. The van der Waals surface area contributed by atoms with Gasteiger partial charge in [0.25, 0.3) is 0 Å². The maximum Gasteiger partial charge on any atom is 0.193 e. The summed E-state index contributed by atoms with van der Waals surface area (Å²) in [6.07, 6.45) is 1.60. The van der Waals surface area contributed by atoms with E-state index in [0.29, 0.717) is 6.42 Å².